The molecule has 0 unspecified atom stereocenters. The molecule has 30 heavy (non-hydrogen) atoms. The van der Waals surface area contributed by atoms with Crippen LogP contribution in [0.2, 0.25) is 0 Å². The lowest BCUT2D eigenvalue weighted by atomic mass is 9.90. The number of nitrogens with zero attached hydrogens (tertiary/aromatic N) is 2. The van der Waals surface area contributed by atoms with Crippen LogP contribution in [0.5, 0.6) is 0 Å². The van der Waals surface area contributed by atoms with E-state index in [1.807, 2.05) is 88.9 Å². The number of rotatable bonds is 4. The zero-order chi connectivity index (χ0) is 20.7. The molecule has 0 saturated heterocycles. The Kier molecular flexibility index (Phi) is 4.40. The Hall–Kier alpha value is -3.79. The van der Waals surface area contributed by atoms with Gasteiger partial charge in [0.1, 0.15) is 13.1 Å². The Morgan fingerprint density at radius 3 is 1.87 bits per heavy atom. The van der Waals surface area contributed by atoms with Gasteiger partial charge in [0.15, 0.2) is 0 Å². The molecule has 0 saturated carbocycles. The second-order valence-corrected chi connectivity index (χ2v) is 7.59. The van der Waals surface area contributed by atoms with Crippen LogP contribution in [-0.2, 0) is 13.1 Å². The molecule has 1 aliphatic carbocycles. The molecule has 0 N–H and O–H groups in total. The number of aromatic nitrogens is 2. The molecule has 0 aliphatic heterocycles. The summed E-state index contributed by atoms with van der Waals surface area (Å²) in [4.78, 5) is 27.0. The predicted octanol–water partition coefficient (Wildman–Crippen LogP) is 3.96. The van der Waals surface area contributed by atoms with Gasteiger partial charge in [-0.2, -0.15) is 0 Å². The molecule has 1 heterocycles. The Bertz CT molecular complexity index is 1170. The van der Waals surface area contributed by atoms with Crippen molar-refractivity contribution in [3.8, 4) is 0 Å². The van der Waals surface area contributed by atoms with Crippen molar-refractivity contribution in [2.24, 2.45) is 0 Å². The third kappa shape index (κ3) is 2.89. The van der Waals surface area contributed by atoms with Crippen LogP contribution in [0.4, 0.5) is 0 Å². The van der Waals surface area contributed by atoms with Crippen molar-refractivity contribution in [2.45, 2.75) is 20.0 Å². The normalized spacial score (nSPS) is 12.6. The van der Waals surface area contributed by atoms with Crippen LogP contribution in [0.15, 0.2) is 84.9 Å². The van der Waals surface area contributed by atoms with Gasteiger partial charge in [-0.1, -0.05) is 84.9 Å². The minimum Gasteiger partial charge on any atom is -0.284 e. The summed E-state index contributed by atoms with van der Waals surface area (Å²) in [6, 6.07) is 27.2. The molecule has 4 aromatic rings. The van der Waals surface area contributed by atoms with E-state index in [-0.39, 0.29) is 11.6 Å². The second-order valence-electron chi connectivity index (χ2n) is 7.59. The molecule has 4 nitrogen and oxygen atoms in total. The molecule has 0 amide bonds. The van der Waals surface area contributed by atoms with Crippen LogP contribution in [0.3, 0.4) is 0 Å². The maximum absolute atomic E-state index is 13.5. The fraction of sp³-hybridized carbons (Fsp3) is 0.115. The van der Waals surface area contributed by atoms with Gasteiger partial charge in [-0.05, 0) is 11.1 Å². The Morgan fingerprint density at radius 2 is 1.23 bits per heavy atom. The number of ketones is 2. The molecular formula is C26H21N2O2+. The highest BCUT2D eigenvalue weighted by atomic mass is 16.1. The first-order valence-corrected chi connectivity index (χ1v) is 10.0. The maximum Gasteiger partial charge on any atom is 0.255 e. The number of imidazole rings is 1. The third-order valence-corrected chi connectivity index (χ3v) is 5.76. The molecular weight excluding hydrogens is 372 g/mol. The molecule has 0 radical (unpaired) electrons. The zero-order valence-electron chi connectivity index (χ0n) is 16.7. The van der Waals surface area contributed by atoms with Gasteiger partial charge in [0.05, 0.1) is 0 Å². The summed E-state index contributed by atoms with van der Waals surface area (Å²) in [5.74, 6) is 0.708. The number of carbonyl (C=O) groups excluding carboxylic acids is 2. The average molecular weight is 393 g/mol. The van der Waals surface area contributed by atoms with Crippen LogP contribution in [0.1, 0.15) is 49.1 Å². The van der Waals surface area contributed by atoms with Gasteiger partial charge in [-0.3, -0.25) is 9.59 Å². The van der Waals surface area contributed by atoms with E-state index in [4.69, 9.17) is 0 Å². The maximum atomic E-state index is 13.5. The van der Waals surface area contributed by atoms with E-state index in [2.05, 4.69) is 0 Å². The van der Waals surface area contributed by atoms with Crippen molar-refractivity contribution in [2.75, 3.05) is 0 Å². The van der Waals surface area contributed by atoms with Crippen LogP contribution in [0.25, 0.3) is 0 Å². The predicted molar refractivity (Wildman–Crippen MR) is 114 cm³/mol. The van der Waals surface area contributed by atoms with Gasteiger partial charge in [0, 0.05) is 18.1 Å². The highest BCUT2D eigenvalue weighted by Gasteiger charge is 2.42. The number of carbonyl (C=O) groups is 2. The first-order chi connectivity index (χ1) is 14.6. The highest BCUT2D eigenvalue weighted by Crippen LogP contribution is 2.28. The van der Waals surface area contributed by atoms with Crippen LogP contribution < -0.4 is 4.57 Å². The summed E-state index contributed by atoms with van der Waals surface area (Å²) >= 11 is 0. The van der Waals surface area contributed by atoms with E-state index in [0.29, 0.717) is 35.6 Å². The average Bonchev–Trinajstić information content (AvgIpc) is 3.05. The summed E-state index contributed by atoms with van der Waals surface area (Å²) in [6.07, 6.45) is 0. The van der Waals surface area contributed by atoms with Crippen LogP contribution >= 0.6 is 0 Å². The van der Waals surface area contributed by atoms with Gasteiger partial charge >= 0.3 is 0 Å². The van der Waals surface area contributed by atoms with Gasteiger partial charge in [-0.25, -0.2) is 9.13 Å². The van der Waals surface area contributed by atoms with E-state index >= 15 is 0 Å². The molecule has 1 aliphatic rings. The third-order valence-electron chi connectivity index (χ3n) is 5.76. The van der Waals surface area contributed by atoms with Gasteiger partial charge in [0.25, 0.3) is 5.82 Å². The van der Waals surface area contributed by atoms with Gasteiger partial charge in [0.2, 0.25) is 23.0 Å². The molecule has 0 atom stereocenters. The fourth-order valence-electron chi connectivity index (χ4n) is 4.24. The summed E-state index contributed by atoms with van der Waals surface area (Å²) in [7, 11) is 0. The molecule has 0 fully saturated rings. The minimum atomic E-state index is -0.0916. The first kappa shape index (κ1) is 18.3. The number of benzene rings is 3. The lowest BCUT2D eigenvalue weighted by Gasteiger charge is -2.13. The van der Waals surface area contributed by atoms with E-state index in [9.17, 15) is 9.59 Å². The molecule has 3 aromatic carbocycles. The molecule has 1 aromatic heterocycles. The van der Waals surface area contributed by atoms with E-state index in [1.54, 1.807) is 12.1 Å². The zero-order valence-corrected chi connectivity index (χ0v) is 16.7. The lowest BCUT2D eigenvalue weighted by molar-refractivity contribution is -0.695. The first-order valence-electron chi connectivity index (χ1n) is 10.0. The largest absolute Gasteiger partial charge is 0.284 e. The van der Waals surface area contributed by atoms with E-state index < -0.39 is 0 Å². The highest BCUT2D eigenvalue weighted by molar-refractivity contribution is 6.26. The fourth-order valence-corrected chi connectivity index (χ4v) is 4.24. The topological polar surface area (TPSA) is 43.0 Å². The lowest BCUT2D eigenvalue weighted by Crippen LogP contribution is -2.43. The van der Waals surface area contributed by atoms with Crippen LogP contribution in [0, 0.1) is 6.92 Å². The van der Waals surface area contributed by atoms with Crippen molar-refractivity contribution in [1.29, 1.82) is 0 Å². The standard InChI is InChI=1S/C26H21N2O2/c1-18-27(16-19-10-4-2-5-11-19)23-24(28(18)17-20-12-6-3-7-13-20)26(30)22-15-9-8-14-21(22)25(23)29/h2-15H,16-17H2,1H3/q+1. The molecule has 4 heteroatoms. The molecule has 0 bridgehead atoms. The Labute approximate surface area is 175 Å². The second kappa shape index (κ2) is 7.23. The molecule has 0 spiro atoms. The van der Waals surface area contributed by atoms with E-state index in [1.165, 1.54) is 0 Å². The number of hydrogen-bond donors (Lipinski definition) is 0. The summed E-state index contributed by atoms with van der Waals surface area (Å²) in [5, 5.41) is 0. The van der Waals surface area contributed by atoms with Crippen molar-refractivity contribution < 1.29 is 14.2 Å². The Morgan fingerprint density at radius 1 is 0.700 bits per heavy atom. The summed E-state index contributed by atoms with van der Waals surface area (Å²) < 4.78 is 3.98. The number of fused-ring (bicyclic) bond motifs is 2. The van der Waals surface area contributed by atoms with Crippen molar-refractivity contribution in [3.05, 3.63) is 124 Å². The monoisotopic (exact) mass is 393 g/mol. The minimum absolute atomic E-state index is 0.0916. The van der Waals surface area contributed by atoms with E-state index in [0.717, 1.165) is 17.0 Å². The van der Waals surface area contributed by atoms with Crippen LogP contribution in [-0.4, -0.2) is 16.1 Å². The van der Waals surface area contributed by atoms with Crippen molar-refractivity contribution >= 4 is 11.6 Å². The van der Waals surface area contributed by atoms with Gasteiger partial charge in [-0.15, -0.1) is 0 Å². The Balaban J connectivity index is 1.72. The van der Waals surface area contributed by atoms with Crippen molar-refractivity contribution in [3.63, 3.8) is 0 Å². The van der Waals surface area contributed by atoms with Crippen molar-refractivity contribution in [1.82, 2.24) is 4.57 Å². The van der Waals surface area contributed by atoms with Gasteiger partial charge < -0.3 is 0 Å². The smallest absolute Gasteiger partial charge is 0.255 e. The SMILES string of the molecule is Cc1n(Cc2ccccc2)c2c([n+]1Cc1ccccc1)C(=O)c1ccccc1C2=O. The summed E-state index contributed by atoms with van der Waals surface area (Å²) in [6.45, 7) is 3.06. The molecule has 5 rings (SSSR count). The summed E-state index contributed by atoms with van der Waals surface area (Å²) in [5.41, 5.74) is 4.10. The molecule has 146 valence electrons. The number of hydrogen-bond acceptors (Lipinski definition) is 2. The quantitative estimate of drug-likeness (QED) is 0.434.